The summed E-state index contributed by atoms with van der Waals surface area (Å²) in [6.07, 6.45) is -5.90. The van der Waals surface area contributed by atoms with Crippen molar-refractivity contribution in [1.29, 1.82) is 0 Å². The van der Waals surface area contributed by atoms with Crippen LogP contribution in [0.5, 0.6) is 0 Å². The van der Waals surface area contributed by atoms with Crippen molar-refractivity contribution < 1.29 is 41.4 Å². The van der Waals surface area contributed by atoms with Gasteiger partial charge in [-0.2, -0.15) is 19.9 Å². The van der Waals surface area contributed by atoms with E-state index in [1.807, 2.05) is 0 Å². The number of alkyl halides is 1. The van der Waals surface area contributed by atoms with Gasteiger partial charge in [-0.3, -0.25) is 18.1 Å². The van der Waals surface area contributed by atoms with Crippen LogP contribution in [0.3, 0.4) is 0 Å². The normalized spacial score (nSPS) is 38.7. The number of hydrogen-bond acceptors (Lipinski definition) is 16. The third-order valence-electron chi connectivity index (χ3n) is 8.19. The molecular weight excluding hydrogens is 748 g/mol. The van der Waals surface area contributed by atoms with Gasteiger partial charge in [0.05, 0.1) is 38.0 Å². The van der Waals surface area contributed by atoms with Crippen LogP contribution in [0.25, 0.3) is 22.3 Å². The Labute approximate surface area is 281 Å². The molecule has 47 heavy (non-hydrogen) atoms. The summed E-state index contributed by atoms with van der Waals surface area (Å²) >= 11 is 17.3. The molecule has 3 saturated heterocycles. The van der Waals surface area contributed by atoms with Gasteiger partial charge in [0, 0.05) is 5.92 Å². The summed E-state index contributed by atoms with van der Waals surface area (Å²) in [5.41, 5.74) is 18.6. The van der Waals surface area contributed by atoms with E-state index in [4.69, 9.17) is 79.7 Å². The minimum Gasteiger partial charge on any atom is -0.382 e. The van der Waals surface area contributed by atoms with Crippen LogP contribution in [0, 0.1) is 11.6 Å². The van der Waals surface area contributed by atoms with E-state index < -0.39 is 75.0 Å². The number of nitrogen functional groups attached to an aromatic ring is 2. The zero-order valence-corrected chi connectivity index (χ0v) is 28.2. The van der Waals surface area contributed by atoms with Crippen molar-refractivity contribution >= 4 is 93.3 Å². The Bertz CT molecular complexity index is 2090. The first kappa shape index (κ1) is 32.0. The molecule has 18 nitrogen and oxygen atoms in total. The van der Waals surface area contributed by atoms with E-state index in [0.717, 1.165) is 0 Å². The third-order valence-corrected chi connectivity index (χ3v) is 12.7. The Hall–Kier alpha value is -2.19. The number of fused-ring (bicyclic) bond motifs is 6. The standard InChI is InChI=1S/C22H21Cl2FN10O8P2S2/c1-47-45(37)39-3-7-14(9(25)20(41-7)35-5-29-11-17(27)31-22(24)33-19(11)35)42-44(36,46)38-2-6-13(43-45)8-12(15(8)40-6)34-4-28-10-16(26)30-21(23)32-18(10)34/h1,4-9,12-15,20H,2-3H2,(H,36,46)(H2,26,30,32)(H2,27,31,33)/t6-,7-,8?,9?,12+,13?,14?,15?,20-,44?,45-/m1/s1. The van der Waals surface area contributed by atoms with Crippen LogP contribution < -0.4 is 11.5 Å². The highest BCUT2D eigenvalue weighted by atomic mass is 35.5. The fourth-order valence-corrected chi connectivity index (χ4v) is 9.81. The molecule has 7 heterocycles. The van der Waals surface area contributed by atoms with Crippen LogP contribution in [0.15, 0.2) is 12.7 Å². The van der Waals surface area contributed by atoms with Crippen molar-refractivity contribution in [2.75, 3.05) is 24.7 Å². The molecule has 4 fully saturated rings. The number of nitrogens with zero attached hydrogens (tertiary/aromatic N) is 8. The smallest absolute Gasteiger partial charge is 0.382 e. The number of nitrogens with two attached hydrogens (primary N) is 2. The maximum absolute atomic E-state index is 16.1. The molecule has 5 N–H and O–H groups in total. The third kappa shape index (κ3) is 5.43. The first-order valence-corrected chi connectivity index (χ1v) is 20.0. The van der Waals surface area contributed by atoms with E-state index in [2.05, 4.69) is 29.9 Å². The average molecular weight is 769 g/mol. The molecule has 8 rings (SSSR count). The van der Waals surface area contributed by atoms with Gasteiger partial charge in [0.15, 0.2) is 35.3 Å². The van der Waals surface area contributed by atoms with Gasteiger partial charge in [-0.05, 0) is 45.8 Å². The summed E-state index contributed by atoms with van der Waals surface area (Å²) in [4.78, 5) is 35.5. The second-order valence-electron chi connectivity index (χ2n) is 10.9. The van der Waals surface area contributed by atoms with Crippen molar-refractivity contribution in [3.63, 3.8) is 0 Å². The molecule has 6 unspecified atom stereocenters. The van der Waals surface area contributed by atoms with Crippen molar-refractivity contribution in [3.05, 3.63) is 23.2 Å². The zero-order valence-electron chi connectivity index (χ0n) is 23.2. The molecule has 0 bridgehead atoms. The van der Waals surface area contributed by atoms with Crippen molar-refractivity contribution in [3.8, 4) is 5.69 Å². The van der Waals surface area contributed by atoms with Crippen molar-refractivity contribution in [2.24, 2.45) is 5.92 Å². The molecule has 0 spiro atoms. The second kappa shape index (κ2) is 11.4. The topological polar surface area (TPSA) is 232 Å². The van der Waals surface area contributed by atoms with Crippen LogP contribution in [0.2, 0.25) is 10.6 Å². The summed E-state index contributed by atoms with van der Waals surface area (Å²) in [6.45, 7) is -9.23. The van der Waals surface area contributed by atoms with Crippen LogP contribution in [0.1, 0.15) is 12.3 Å². The Morgan fingerprint density at radius 1 is 0.936 bits per heavy atom. The predicted octanol–water partition coefficient (Wildman–Crippen LogP) is 2.78. The molecule has 1 aliphatic carbocycles. The Balaban J connectivity index is 1.08. The molecule has 1 saturated carbocycles. The lowest BCUT2D eigenvalue weighted by Gasteiger charge is -2.30. The number of ether oxygens (including phenoxy) is 2. The van der Waals surface area contributed by atoms with Gasteiger partial charge in [0.1, 0.15) is 35.4 Å². The fraction of sp³-hybridized carbons (Fsp3) is 0.500. The van der Waals surface area contributed by atoms with Gasteiger partial charge in [0.25, 0.3) is 0 Å². The number of anilines is 2. The molecule has 4 aromatic heterocycles. The van der Waals surface area contributed by atoms with E-state index >= 15 is 4.39 Å². The quantitative estimate of drug-likeness (QED) is 0.196. The number of rotatable bonds is 2. The second-order valence-corrected chi connectivity index (χ2v) is 17.9. The van der Waals surface area contributed by atoms with Crippen molar-refractivity contribution in [1.82, 2.24) is 39.0 Å². The van der Waals surface area contributed by atoms with Crippen LogP contribution >= 0.6 is 47.5 Å². The first-order valence-electron chi connectivity index (χ1n) is 13.6. The maximum Gasteiger partial charge on any atom is 0.418 e. The van der Waals surface area contributed by atoms with Gasteiger partial charge in [-0.1, -0.05) is 5.69 Å². The Morgan fingerprint density at radius 3 is 2.19 bits per heavy atom. The molecular formula is C22H21Cl2FN10O8P2S2. The molecule has 250 valence electrons. The Kier molecular flexibility index (Phi) is 7.79. The SMILES string of the molecule is C#S[P@]1(=O)OC[C@H]2O[C@@H](n3cnc4c(N)nc(Cl)nc43)C(F)C2OP(O)(=S)OC[C@H]2OC3C(C2O1)[C@@H]3n1cnc2c(N)nc(Cl)nc21. The molecule has 0 radical (unpaired) electrons. The van der Waals surface area contributed by atoms with Crippen LogP contribution in [0.4, 0.5) is 16.0 Å². The highest BCUT2D eigenvalue weighted by molar-refractivity contribution is 8.48. The molecule has 3 aliphatic heterocycles. The van der Waals surface area contributed by atoms with E-state index in [-0.39, 0.29) is 40.0 Å². The van der Waals surface area contributed by atoms with Gasteiger partial charge in [-0.15, -0.1) is 0 Å². The summed E-state index contributed by atoms with van der Waals surface area (Å²) in [7, 11) is 0.339. The summed E-state index contributed by atoms with van der Waals surface area (Å²) in [6, 6.07) is -0.392. The Morgan fingerprint density at radius 2 is 1.53 bits per heavy atom. The van der Waals surface area contributed by atoms with E-state index in [1.165, 1.54) is 17.2 Å². The lowest BCUT2D eigenvalue weighted by molar-refractivity contribution is -0.0555. The highest BCUT2D eigenvalue weighted by Gasteiger charge is 2.67. The number of halogens is 3. The van der Waals surface area contributed by atoms with E-state index in [1.54, 1.807) is 4.57 Å². The molecule has 4 aromatic rings. The molecule has 25 heteroatoms. The van der Waals surface area contributed by atoms with E-state index in [9.17, 15) is 9.46 Å². The highest BCUT2D eigenvalue weighted by Crippen LogP contribution is 2.65. The minimum atomic E-state index is -4.17. The van der Waals surface area contributed by atoms with Gasteiger partial charge in [0.2, 0.25) is 10.6 Å². The van der Waals surface area contributed by atoms with Crippen LogP contribution in [-0.4, -0.2) is 93.8 Å². The van der Waals surface area contributed by atoms with Gasteiger partial charge < -0.3 is 34.9 Å². The largest absolute Gasteiger partial charge is 0.418 e. The van der Waals surface area contributed by atoms with Crippen LogP contribution in [-0.2, 0) is 43.9 Å². The van der Waals surface area contributed by atoms with Gasteiger partial charge >= 0.3 is 13.5 Å². The van der Waals surface area contributed by atoms with E-state index in [0.29, 0.717) is 22.0 Å². The molecule has 11 atom stereocenters. The lowest BCUT2D eigenvalue weighted by Crippen LogP contribution is -2.37. The lowest BCUT2D eigenvalue weighted by atomic mass is 10.1. The summed E-state index contributed by atoms with van der Waals surface area (Å²) in [5, 5.41) is -0.278. The number of hydrogen-bond donors (Lipinski definition) is 3. The average Bonchev–Trinajstić information content (AvgIpc) is 3.40. The first-order chi connectivity index (χ1) is 22.4. The minimum absolute atomic E-state index is 0.0362. The fourth-order valence-electron chi connectivity index (χ4n) is 6.14. The molecule has 4 aliphatic rings. The monoisotopic (exact) mass is 768 g/mol. The van der Waals surface area contributed by atoms with Gasteiger partial charge in [-0.25, -0.2) is 18.9 Å². The van der Waals surface area contributed by atoms with Crippen molar-refractivity contribution in [2.45, 2.75) is 49.0 Å². The predicted molar refractivity (Wildman–Crippen MR) is 168 cm³/mol. The molecule has 0 amide bonds. The summed E-state index contributed by atoms with van der Waals surface area (Å²) < 4.78 is 68.1. The number of imidazole rings is 2. The zero-order chi connectivity index (χ0) is 33.0. The summed E-state index contributed by atoms with van der Waals surface area (Å²) in [5.74, 6) is -0.366. The maximum atomic E-state index is 16.1. The number of aromatic nitrogens is 8. The molecule has 0 aromatic carbocycles.